The molecule has 0 bridgehead atoms. The Labute approximate surface area is 172 Å². The molecular weight excluding hydrogens is 455 g/mol. The van der Waals surface area contributed by atoms with Crippen LogP contribution in [0.5, 0.6) is 11.5 Å². The van der Waals surface area contributed by atoms with Gasteiger partial charge in [0.05, 0.1) is 17.3 Å². The zero-order chi connectivity index (χ0) is 23.3. The molecule has 0 saturated heterocycles. The minimum atomic E-state index is -4.60. The van der Waals surface area contributed by atoms with E-state index in [0.29, 0.717) is 24.3 Å². The summed E-state index contributed by atoms with van der Waals surface area (Å²) in [5.74, 6) is -0.473. The summed E-state index contributed by atoms with van der Waals surface area (Å²) >= 11 is 0. The molecule has 0 spiro atoms. The van der Waals surface area contributed by atoms with Gasteiger partial charge in [-0.3, -0.25) is 10.0 Å². The first-order valence-corrected chi connectivity index (χ1v) is 10.3. The third-order valence-corrected chi connectivity index (χ3v) is 5.64. The Morgan fingerprint density at radius 3 is 1.55 bits per heavy atom. The van der Waals surface area contributed by atoms with Crippen molar-refractivity contribution >= 4 is 14.0 Å². The molecule has 2 aromatic rings. The minimum absolute atomic E-state index is 0.0956. The van der Waals surface area contributed by atoms with Crippen molar-refractivity contribution in [3.05, 3.63) is 59.7 Å². The maximum Gasteiger partial charge on any atom is 0.430 e. The second-order valence-electron chi connectivity index (χ2n) is 6.18. The molecule has 6 nitrogen and oxygen atoms in total. The Kier molecular flexibility index (Phi) is 7.61. The lowest BCUT2D eigenvalue weighted by Gasteiger charge is -2.21. The lowest BCUT2D eigenvalue weighted by molar-refractivity contribution is -0.149. The van der Waals surface area contributed by atoms with Gasteiger partial charge < -0.3 is 9.05 Å². The predicted molar refractivity (Wildman–Crippen MR) is 95.8 cm³/mol. The average Bonchev–Trinajstić information content (AvgIpc) is 2.67. The number of carbonyl (C=O) groups excluding carboxylic acids is 1. The molecule has 0 aliphatic carbocycles. The summed E-state index contributed by atoms with van der Waals surface area (Å²) in [4.78, 5) is 10.4. The van der Waals surface area contributed by atoms with E-state index < -0.39 is 37.2 Å². The van der Waals surface area contributed by atoms with Gasteiger partial charge in [-0.1, -0.05) is 0 Å². The topological polar surface area (TPSA) is 76.1 Å². The number of carbonyl (C=O) groups is 1. The summed E-state index contributed by atoms with van der Waals surface area (Å²) in [5, 5.41) is 9.39. The molecule has 0 unspecified atom stereocenters. The molecule has 13 heteroatoms. The number of halogens is 6. The normalized spacial score (nSPS) is 12.4. The van der Waals surface area contributed by atoms with Crippen LogP contribution in [0.2, 0.25) is 0 Å². The summed E-state index contributed by atoms with van der Waals surface area (Å²) in [6.07, 6.45) is -9.61. The quantitative estimate of drug-likeness (QED) is 0.169. The summed E-state index contributed by atoms with van der Waals surface area (Å²) in [6.45, 7) is -0.264. The van der Waals surface area contributed by atoms with E-state index in [9.17, 15) is 35.7 Å². The molecule has 1 amide bonds. The van der Waals surface area contributed by atoms with E-state index in [2.05, 4.69) is 0 Å². The van der Waals surface area contributed by atoms with E-state index >= 15 is 0 Å². The van der Waals surface area contributed by atoms with Gasteiger partial charge in [-0.2, -0.15) is 26.3 Å². The first-order valence-electron chi connectivity index (χ1n) is 8.56. The van der Waals surface area contributed by atoms with E-state index in [-0.39, 0.29) is 35.9 Å². The molecule has 0 aromatic heterocycles. The molecule has 0 atom stereocenters. The smallest absolute Gasteiger partial charge is 0.416 e. The molecule has 31 heavy (non-hydrogen) atoms. The van der Waals surface area contributed by atoms with Gasteiger partial charge in [0.25, 0.3) is 0 Å². The van der Waals surface area contributed by atoms with Gasteiger partial charge in [0.15, 0.2) is 0 Å². The third-order valence-electron chi connectivity index (χ3n) is 3.79. The van der Waals surface area contributed by atoms with Crippen LogP contribution in [-0.4, -0.2) is 29.4 Å². The van der Waals surface area contributed by atoms with Gasteiger partial charge in [-0.15, -0.1) is 0 Å². The van der Waals surface area contributed by atoms with E-state index in [1.54, 1.807) is 0 Å². The number of hydrogen-bond donors (Lipinski definition) is 1. The first kappa shape index (κ1) is 24.5. The van der Waals surface area contributed by atoms with Crippen LogP contribution in [0.15, 0.2) is 48.5 Å². The van der Waals surface area contributed by atoms with Gasteiger partial charge in [-0.05, 0) is 55.0 Å². The van der Waals surface area contributed by atoms with Gasteiger partial charge in [0, 0.05) is 6.54 Å². The Hall–Kier alpha value is -2.72. The van der Waals surface area contributed by atoms with Crippen molar-refractivity contribution in [2.45, 2.75) is 18.8 Å². The lowest BCUT2D eigenvalue weighted by atomic mass is 10.2. The Bertz CT molecular complexity index is 852. The molecule has 0 aliphatic heterocycles. The largest absolute Gasteiger partial charge is 0.430 e. The predicted octanol–water partition coefficient (Wildman–Crippen LogP) is 5.61. The summed E-state index contributed by atoms with van der Waals surface area (Å²) in [6, 6.07) is 6.42. The highest BCUT2D eigenvalue weighted by molar-refractivity contribution is 7.54. The van der Waals surface area contributed by atoms with Crippen molar-refractivity contribution < 1.29 is 50.0 Å². The monoisotopic (exact) mass is 471 g/mol. The number of benzene rings is 2. The fraction of sp³-hybridized carbons (Fsp3) is 0.278. The molecule has 2 aromatic carbocycles. The van der Waals surface area contributed by atoms with Gasteiger partial charge in [0.1, 0.15) is 11.5 Å². The maximum absolute atomic E-state index is 13.1. The Morgan fingerprint density at radius 1 is 0.839 bits per heavy atom. The molecule has 0 saturated carbocycles. The summed E-state index contributed by atoms with van der Waals surface area (Å²) in [7, 11) is -4.16. The van der Waals surface area contributed by atoms with Crippen LogP contribution in [0.3, 0.4) is 0 Å². The van der Waals surface area contributed by atoms with Gasteiger partial charge in [-0.25, -0.2) is 9.63 Å². The standard InChI is InChI=1S/C18H16F6NO5P/c19-17(20,21)13-2-6-15(7-3-13)29-31(28,11-1-10-25(27)12-26)30-16-8-4-14(5-9-16)18(22,23)24/h2-9,12,27H,1,10-11H2. The fourth-order valence-electron chi connectivity index (χ4n) is 2.32. The number of nitrogens with zero attached hydrogens (tertiary/aromatic N) is 1. The van der Waals surface area contributed by atoms with Crippen LogP contribution in [0.25, 0.3) is 0 Å². The van der Waals surface area contributed by atoms with E-state index in [4.69, 9.17) is 14.3 Å². The van der Waals surface area contributed by atoms with Crippen molar-refractivity contribution in [2.75, 3.05) is 12.7 Å². The van der Waals surface area contributed by atoms with Crippen molar-refractivity contribution in [3.63, 3.8) is 0 Å². The number of hydrogen-bond acceptors (Lipinski definition) is 5. The molecule has 2 rings (SSSR count). The first-order chi connectivity index (χ1) is 14.3. The van der Waals surface area contributed by atoms with E-state index in [1.807, 2.05) is 0 Å². The highest BCUT2D eigenvalue weighted by Gasteiger charge is 2.33. The minimum Gasteiger partial charge on any atom is -0.416 e. The maximum atomic E-state index is 13.1. The van der Waals surface area contributed by atoms with Crippen LogP contribution >= 0.6 is 7.60 Å². The second kappa shape index (κ2) is 9.61. The second-order valence-corrected chi connectivity index (χ2v) is 8.22. The van der Waals surface area contributed by atoms with Gasteiger partial charge >= 0.3 is 19.9 Å². The van der Waals surface area contributed by atoms with Crippen molar-refractivity contribution in [2.24, 2.45) is 0 Å². The molecule has 1 N–H and O–H groups in total. The molecule has 0 radical (unpaired) electrons. The Morgan fingerprint density at radius 2 is 1.23 bits per heavy atom. The van der Waals surface area contributed by atoms with Crippen LogP contribution in [0, 0.1) is 0 Å². The zero-order valence-electron chi connectivity index (χ0n) is 15.6. The average molecular weight is 471 g/mol. The van der Waals surface area contributed by atoms with Crippen LogP contribution in [0.4, 0.5) is 26.3 Å². The van der Waals surface area contributed by atoms with Crippen LogP contribution < -0.4 is 9.05 Å². The highest BCUT2D eigenvalue weighted by atomic mass is 31.2. The van der Waals surface area contributed by atoms with E-state index in [0.717, 1.165) is 24.3 Å². The van der Waals surface area contributed by atoms with Crippen LogP contribution in [-0.2, 0) is 21.7 Å². The number of rotatable bonds is 9. The zero-order valence-corrected chi connectivity index (χ0v) is 16.5. The molecule has 170 valence electrons. The van der Waals surface area contributed by atoms with E-state index in [1.165, 1.54) is 0 Å². The SMILES string of the molecule is O=CN(O)CCCP(=O)(Oc1ccc(C(F)(F)F)cc1)Oc1ccc(C(F)(F)F)cc1. The number of hydroxylamine groups is 2. The van der Waals surface area contributed by atoms with Gasteiger partial charge in [0.2, 0.25) is 6.41 Å². The van der Waals surface area contributed by atoms with Crippen molar-refractivity contribution in [1.82, 2.24) is 5.06 Å². The molecule has 0 heterocycles. The number of amides is 1. The number of alkyl halides is 6. The summed E-state index contributed by atoms with van der Waals surface area (Å²) < 4.78 is 99.7. The molecular formula is C18H16F6NO5P. The molecule has 0 fully saturated rings. The highest BCUT2D eigenvalue weighted by Crippen LogP contribution is 2.49. The lowest BCUT2D eigenvalue weighted by Crippen LogP contribution is -2.19. The van der Waals surface area contributed by atoms with Crippen molar-refractivity contribution in [1.29, 1.82) is 0 Å². The summed E-state index contributed by atoms with van der Waals surface area (Å²) in [5.41, 5.74) is -1.94. The third kappa shape index (κ3) is 7.48. The van der Waals surface area contributed by atoms with Crippen LogP contribution in [0.1, 0.15) is 17.5 Å². The molecule has 0 aliphatic rings. The Balaban J connectivity index is 2.21. The fourth-order valence-corrected chi connectivity index (χ4v) is 3.95. The van der Waals surface area contributed by atoms with Crippen molar-refractivity contribution in [3.8, 4) is 11.5 Å².